The van der Waals surface area contributed by atoms with Crippen molar-refractivity contribution >= 4 is 23.4 Å². The first kappa shape index (κ1) is 20.4. The molecule has 5 heterocycles. The van der Waals surface area contributed by atoms with E-state index in [1.54, 1.807) is 4.90 Å². The second-order valence-corrected chi connectivity index (χ2v) is 8.02. The van der Waals surface area contributed by atoms with Crippen LogP contribution in [0.4, 0.5) is 25.2 Å². The number of fused-ring (bicyclic) bond motifs is 1. The first-order chi connectivity index (χ1) is 15.4. The lowest BCUT2D eigenvalue weighted by Gasteiger charge is -2.37. The van der Waals surface area contributed by atoms with Gasteiger partial charge in [0.25, 0.3) is 0 Å². The first-order valence-corrected chi connectivity index (χ1v) is 10.3. The van der Waals surface area contributed by atoms with E-state index >= 15 is 4.39 Å². The number of aliphatic hydroxyl groups excluding tert-OH is 1. The van der Waals surface area contributed by atoms with Gasteiger partial charge in [0.15, 0.2) is 17.5 Å². The molecule has 1 unspecified atom stereocenters. The Labute approximate surface area is 181 Å². The molecule has 2 aliphatic heterocycles. The van der Waals surface area contributed by atoms with Crippen LogP contribution in [0.25, 0.3) is 17.2 Å². The number of pyridine rings is 1. The maximum absolute atomic E-state index is 15.4. The monoisotopic (exact) mass is 445 g/mol. The third-order valence-corrected chi connectivity index (χ3v) is 5.73. The van der Waals surface area contributed by atoms with Crippen LogP contribution in [0.15, 0.2) is 24.5 Å². The zero-order chi connectivity index (χ0) is 22.4. The molecule has 2 saturated heterocycles. The van der Waals surface area contributed by atoms with E-state index < -0.39 is 23.8 Å². The number of rotatable bonds is 4. The second kappa shape index (κ2) is 7.86. The SMILES string of the molecule is O=C(O)N1CCCC(Nc2nc(-c3cnc4ccc(F)cn34)nc(N3CC(O)C3)c2F)C1. The Morgan fingerprint density at radius 2 is 2.00 bits per heavy atom. The molecule has 168 valence electrons. The molecule has 1 amide bonds. The fourth-order valence-electron chi connectivity index (χ4n) is 4.07. The molecular weight excluding hydrogens is 424 g/mol. The van der Waals surface area contributed by atoms with Gasteiger partial charge in [0, 0.05) is 38.4 Å². The van der Waals surface area contributed by atoms with Crippen molar-refractivity contribution in [1.29, 1.82) is 0 Å². The van der Waals surface area contributed by atoms with Gasteiger partial charge in [-0.15, -0.1) is 0 Å². The van der Waals surface area contributed by atoms with Gasteiger partial charge in [0.1, 0.15) is 17.2 Å². The molecule has 12 heteroatoms. The minimum atomic E-state index is -1.02. The number of β-amino-alcohol motifs (C(OH)–C–C–N with tert-alkyl or cyclic N) is 1. The molecule has 0 aliphatic carbocycles. The smallest absolute Gasteiger partial charge is 0.407 e. The molecule has 0 aromatic carbocycles. The van der Waals surface area contributed by atoms with Gasteiger partial charge in [-0.3, -0.25) is 4.40 Å². The highest BCUT2D eigenvalue weighted by Crippen LogP contribution is 2.31. The fraction of sp³-hybridized carbons (Fsp3) is 0.400. The number of piperidine rings is 1. The van der Waals surface area contributed by atoms with Crippen LogP contribution in [0.3, 0.4) is 0 Å². The van der Waals surface area contributed by atoms with Crippen LogP contribution in [-0.2, 0) is 0 Å². The number of aromatic nitrogens is 4. The quantitative estimate of drug-likeness (QED) is 0.556. The van der Waals surface area contributed by atoms with Crippen LogP contribution < -0.4 is 10.2 Å². The molecular formula is C20H21F2N7O3. The topological polar surface area (TPSA) is 119 Å². The maximum Gasteiger partial charge on any atom is 0.407 e. The van der Waals surface area contributed by atoms with Gasteiger partial charge >= 0.3 is 6.09 Å². The highest BCUT2D eigenvalue weighted by atomic mass is 19.1. The lowest BCUT2D eigenvalue weighted by Crippen LogP contribution is -2.51. The summed E-state index contributed by atoms with van der Waals surface area (Å²) in [6.07, 6.45) is 2.42. The van der Waals surface area contributed by atoms with E-state index in [-0.39, 0.29) is 43.1 Å². The van der Waals surface area contributed by atoms with Gasteiger partial charge in [-0.05, 0) is 25.0 Å². The summed E-state index contributed by atoms with van der Waals surface area (Å²) in [7, 11) is 0. The zero-order valence-electron chi connectivity index (χ0n) is 16.9. The molecule has 3 N–H and O–H groups in total. The Balaban J connectivity index is 1.54. The molecule has 5 rings (SSSR count). The third kappa shape index (κ3) is 3.66. The van der Waals surface area contributed by atoms with Crippen molar-refractivity contribution in [2.75, 3.05) is 36.4 Å². The minimum absolute atomic E-state index is 0.0139. The molecule has 2 aliphatic rings. The number of imidazole rings is 1. The summed E-state index contributed by atoms with van der Waals surface area (Å²) >= 11 is 0. The van der Waals surface area contributed by atoms with Crippen molar-refractivity contribution < 1.29 is 23.8 Å². The Morgan fingerprint density at radius 1 is 1.19 bits per heavy atom. The molecule has 0 bridgehead atoms. The second-order valence-electron chi connectivity index (χ2n) is 8.02. The summed E-state index contributed by atoms with van der Waals surface area (Å²) in [6, 6.07) is 2.47. The Bertz CT molecular complexity index is 1180. The summed E-state index contributed by atoms with van der Waals surface area (Å²) in [6.45, 7) is 1.08. The standard InChI is InChI=1S/C20H21F2N7O3/c21-11-3-4-15-23-6-14(29(15)7-11)17-25-18(16(22)19(26-17)28-9-13(30)10-28)24-12-2-1-5-27(8-12)20(31)32/h3-4,6-7,12-13,30H,1-2,5,8-10H2,(H,31,32)(H,24,25,26). The Kier molecular flexibility index (Phi) is 5.00. The number of amides is 1. The van der Waals surface area contributed by atoms with Gasteiger partial charge in [0.05, 0.1) is 12.3 Å². The van der Waals surface area contributed by atoms with Crippen molar-refractivity contribution in [3.8, 4) is 11.5 Å². The van der Waals surface area contributed by atoms with Gasteiger partial charge in [-0.1, -0.05) is 0 Å². The summed E-state index contributed by atoms with van der Waals surface area (Å²) in [5, 5.41) is 22.0. The van der Waals surface area contributed by atoms with Crippen molar-refractivity contribution in [2.24, 2.45) is 0 Å². The van der Waals surface area contributed by atoms with Crippen LogP contribution in [0.5, 0.6) is 0 Å². The Hall–Kier alpha value is -3.54. The van der Waals surface area contributed by atoms with E-state index in [1.807, 2.05) is 0 Å². The number of halogens is 2. The molecule has 3 aromatic heterocycles. The summed E-state index contributed by atoms with van der Waals surface area (Å²) in [4.78, 5) is 27.1. The largest absolute Gasteiger partial charge is 0.465 e. The van der Waals surface area contributed by atoms with Gasteiger partial charge in [0.2, 0.25) is 5.82 Å². The minimum Gasteiger partial charge on any atom is -0.465 e. The van der Waals surface area contributed by atoms with Gasteiger partial charge in [-0.2, -0.15) is 4.39 Å². The Morgan fingerprint density at radius 3 is 2.75 bits per heavy atom. The molecule has 0 radical (unpaired) electrons. The van der Waals surface area contributed by atoms with E-state index in [0.717, 1.165) is 0 Å². The summed E-state index contributed by atoms with van der Waals surface area (Å²) in [5.41, 5.74) is 0.856. The van der Waals surface area contributed by atoms with Gasteiger partial charge in [-0.25, -0.2) is 24.1 Å². The van der Waals surface area contributed by atoms with Crippen LogP contribution >= 0.6 is 0 Å². The summed E-state index contributed by atoms with van der Waals surface area (Å²) in [5.74, 6) is -1.09. The number of aliphatic hydroxyl groups is 1. The first-order valence-electron chi connectivity index (χ1n) is 10.3. The van der Waals surface area contributed by atoms with Crippen LogP contribution in [0.1, 0.15) is 12.8 Å². The number of anilines is 2. The zero-order valence-corrected chi connectivity index (χ0v) is 16.9. The summed E-state index contributed by atoms with van der Waals surface area (Å²) < 4.78 is 30.7. The van der Waals surface area contributed by atoms with Crippen LogP contribution in [0.2, 0.25) is 0 Å². The van der Waals surface area contributed by atoms with Crippen molar-refractivity contribution in [2.45, 2.75) is 25.0 Å². The lowest BCUT2D eigenvalue weighted by atomic mass is 10.1. The normalized spacial score (nSPS) is 19.3. The van der Waals surface area contributed by atoms with Crippen LogP contribution in [-0.4, -0.2) is 78.9 Å². The molecule has 1 atom stereocenters. The van der Waals surface area contributed by atoms with E-state index in [0.29, 0.717) is 30.7 Å². The van der Waals surface area contributed by atoms with E-state index in [9.17, 15) is 19.4 Å². The predicted molar refractivity (Wildman–Crippen MR) is 111 cm³/mol. The average molecular weight is 445 g/mol. The molecule has 3 aromatic rings. The van der Waals surface area contributed by atoms with E-state index in [1.165, 1.54) is 33.8 Å². The third-order valence-electron chi connectivity index (χ3n) is 5.73. The van der Waals surface area contributed by atoms with Crippen molar-refractivity contribution in [3.05, 3.63) is 36.2 Å². The number of carboxylic acid groups (broad SMARTS) is 1. The fourth-order valence-corrected chi connectivity index (χ4v) is 4.07. The molecule has 0 spiro atoms. The number of carbonyl (C=O) groups is 1. The molecule has 32 heavy (non-hydrogen) atoms. The van der Waals surface area contributed by atoms with Crippen molar-refractivity contribution in [1.82, 2.24) is 24.3 Å². The van der Waals surface area contributed by atoms with E-state index in [4.69, 9.17) is 0 Å². The van der Waals surface area contributed by atoms with Crippen molar-refractivity contribution in [3.63, 3.8) is 0 Å². The average Bonchev–Trinajstić information content (AvgIpc) is 3.16. The lowest BCUT2D eigenvalue weighted by molar-refractivity contribution is 0.132. The maximum atomic E-state index is 15.4. The van der Waals surface area contributed by atoms with Crippen LogP contribution in [0, 0.1) is 11.6 Å². The highest BCUT2D eigenvalue weighted by Gasteiger charge is 2.32. The molecule has 2 fully saturated rings. The predicted octanol–water partition coefficient (Wildman–Crippen LogP) is 1.80. The number of hydrogen-bond acceptors (Lipinski definition) is 7. The van der Waals surface area contributed by atoms with Gasteiger partial charge < -0.3 is 25.3 Å². The molecule has 0 saturated carbocycles. The number of nitrogens with zero attached hydrogens (tertiary/aromatic N) is 6. The molecule has 10 nitrogen and oxygen atoms in total. The highest BCUT2D eigenvalue weighted by molar-refractivity contribution is 5.66. The number of likely N-dealkylation sites (tertiary alicyclic amines) is 1. The number of nitrogens with one attached hydrogen (secondary N) is 1. The van der Waals surface area contributed by atoms with E-state index in [2.05, 4.69) is 20.3 Å². The number of hydrogen-bond donors (Lipinski definition) is 3.